The van der Waals surface area contributed by atoms with E-state index in [1.54, 1.807) is 18.2 Å². The van der Waals surface area contributed by atoms with Gasteiger partial charge in [-0.1, -0.05) is 24.3 Å². The predicted molar refractivity (Wildman–Crippen MR) is 158 cm³/mol. The summed E-state index contributed by atoms with van der Waals surface area (Å²) in [6.45, 7) is 5.87. The van der Waals surface area contributed by atoms with Crippen LogP contribution in [-0.4, -0.2) is 51.1 Å². The zero-order valence-corrected chi connectivity index (χ0v) is 23.3. The average Bonchev–Trinajstić information content (AvgIpc) is 3.53. The molecule has 0 saturated heterocycles. The monoisotopic (exact) mass is 539 g/mol. The van der Waals surface area contributed by atoms with E-state index in [1.165, 1.54) is 12.0 Å². The van der Waals surface area contributed by atoms with Crippen LogP contribution in [0.4, 0.5) is 17.1 Å². The number of hydrogen-bond acceptors (Lipinski definition) is 7. The van der Waals surface area contributed by atoms with E-state index in [9.17, 15) is 14.7 Å². The Kier molecular flexibility index (Phi) is 7.26. The molecule has 0 radical (unpaired) electrons. The number of carbonyl (C=O) groups excluding carboxylic acids is 2. The molecular formula is C32H33N3O5. The van der Waals surface area contributed by atoms with Gasteiger partial charge in [-0.2, -0.15) is 0 Å². The van der Waals surface area contributed by atoms with E-state index in [2.05, 4.69) is 18.7 Å². The number of aliphatic hydroxyl groups excluding tert-OH is 1. The lowest BCUT2D eigenvalue weighted by Gasteiger charge is -2.28. The van der Waals surface area contributed by atoms with E-state index >= 15 is 0 Å². The molecule has 1 aliphatic heterocycles. The van der Waals surface area contributed by atoms with E-state index < -0.39 is 23.5 Å². The maximum absolute atomic E-state index is 14.0. The van der Waals surface area contributed by atoms with Crippen LogP contribution in [0.1, 0.15) is 36.0 Å². The summed E-state index contributed by atoms with van der Waals surface area (Å²) in [4.78, 5) is 33.2. The molecule has 0 aliphatic carbocycles. The van der Waals surface area contributed by atoms with Gasteiger partial charge in [0.15, 0.2) is 22.9 Å². The molecule has 1 amide bonds. The third-order valence-electron chi connectivity index (χ3n) is 7.39. The molecular weight excluding hydrogens is 506 g/mol. The van der Waals surface area contributed by atoms with Gasteiger partial charge in [-0.3, -0.25) is 14.5 Å². The van der Waals surface area contributed by atoms with Gasteiger partial charge in [-0.25, -0.2) is 0 Å². The van der Waals surface area contributed by atoms with Crippen LogP contribution in [0.3, 0.4) is 0 Å². The summed E-state index contributed by atoms with van der Waals surface area (Å²) in [5.41, 5.74) is 3.64. The fraction of sp³-hybridized carbons (Fsp3) is 0.250. The SMILES string of the molecule is CCN(CC)c1ccc(N2C(=O)C(O)=C(C(=O)c3cc4cccc(OC)c4o3)C2c2ccc(N(C)C)cc2)cc1. The first-order valence-electron chi connectivity index (χ1n) is 13.3. The Hall–Kier alpha value is -4.72. The molecule has 1 N–H and O–H groups in total. The van der Waals surface area contributed by atoms with Crippen LogP contribution >= 0.6 is 0 Å². The number of Topliss-reactive ketones (excluding diaryl/α,β-unsaturated/α-hetero) is 1. The topological polar surface area (TPSA) is 86.5 Å². The number of ether oxygens (including phenoxy) is 1. The first-order valence-corrected chi connectivity index (χ1v) is 13.3. The van der Waals surface area contributed by atoms with Crippen LogP contribution in [0.25, 0.3) is 11.0 Å². The van der Waals surface area contributed by atoms with Gasteiger partial charge >= 0.3 is 0 Å². The second-order valence-corrected chi connectivity index (χ2v) is 9.83. The smallest absolute Gasteiger partial charge is 0.294 e. The molecule has 0 bridgehead atoms. The van der Waals surface area contributed by atoms with Crippen LogP contribution in [-0.2, 0) is 4.79 Å². The number of methoxy groups -OCH3 is 1. The average molecular weight is 540 g/mol. The number of fused-ring (bicyclic) bond motifs is 1. The lowest BCUT2D eigenvalue weighted by Crippen LogP contribution is -2.31. The highest BCUT2D eigenvalue weighted by Gasteiger charge is 2.45. The maximum atomic E-state index is 14.0. The molecule has 206 valence electrons. The molecule has 1 atom stereocenters. The lowest BCUT2D eigenvalue weighted by molar-refractivity contribution is -0.117. The Balaban J connectivity index is 1.61. The number of hydrogen-bond donors (Lipinski definition) is 1. The minimum atomic E-state index is -0.856. The first kappa shape index (κ1) is 26.9. The zero-order chi connectivity index (χ0) is 28.6. The van der Waals surface area contributed by atoms with Gasteiger partial charge in [-0.05, 0) is 67.9 Å². The van der Waals surface area contributed by atoms with Crippen molar-refractivity contribution >= 4 is 39.7 Å². The standard InChI is InChI=1S/C32H33N3O5/c1-6-34(7-2)23-15-17-24(18-16-23)35-28(20-11-13-22(14-12-20)33(3)4)27(30(37)32(35)38)29(36)26-19-21-9-8-10-25(39-5)31(21)40-26/h8-19,28,37H,6-7H2,1-5H3. The summed E-state index contributed by atoms with van der Waals surface area (Å²) < 4.78 is 11.3. The second kappa shape index (κ2) is 10.8. The summed E-state index contributed by atoms with van der Waals surface area (Å²) in [6, 6.07) is 21.3. The van der Waals surface area contributed by atoms with E-state index in [1.807, 2.05) is 73.6 Å². The Morgan fingerprint density at radius 3 is 2.23 bits per heavy atom. The van der Waals surface area contributed by atoms with Gasteiger partial charge in [0.2, 0.25) is 5.78 Å². The van der Waals surface area contributed by atoms with Gasteiger partial charge in [0.1, 0.15) is 0 Å². The third kappa shape index (κ3) is 4.55. The van der Waals surface area contributed by atoms with Crippen LogP contribution in [0.5, 0.6) is 5.75 Å². The minimum absolute atomic E-state index is 0.0162. The third-order valence-corrected chi connectivity index (χ3v) is 7.39. The van der Waals surface area contributed by atoms with Gasteiger partial charge in [-0.15, -0.1) is 0 Å². The molecule has 2 heterocycles. The van der Waals surface area contributed by atoms with Crippen molar-refractivity contribution in [3.8, 4) is 5.75 Å². The Labute approximate surface area is 233 Å². The molecule has 4 aromatic rings. The predicted octanol–water partition coefficient (Wildman–Crippen LogP) is 6.14. The molecule has 3 aromatic carbocycles. The fourth-order valence-electron chi connectivity index (χ4n) is 5.23. The van der Waals surface area contributed by atoms with Crippen molar-refractivity contribution < 1.29 is 23.8 Å². The van der Waals surface area contributed by atoms with Crippen molar-refractivity contribution in [1.82, 2.24) is 0 Å². The molecule has 5 rings (SSSR count). The van der Waals surface area contributed by atoms with E-state index in [4.69, 9.17) is 9.15 Å². The maximum Gasteiger partial charge on any atom is 0.294 e. The van der Waals surface area contributed by atoms with Crippen molar-refractivity contribution in [2.75, 3.05) is 49.0 Å². The summed E-state index contributed by atoms with van der Waals surface area (Å²) in [5.74, 6) is -1.29. The van der Waals surface area contributed by atoms with Crippen LogP contribution in [0, 0.1) is 0 Å². The molecule has 0 saturated carbocycles. The number of amides is 1. The minimum Gasteiger partial charge on any atom is -0.503 e. The normalized spacial score (nSPS) is 15.2. The van der Waals surface area contributed by atoms with E-state index in [0.29, 0.717) is 28.0 Å². The molecule has 8 nitrogen and oxygen atoms in total. The summed E-state index contributed by atoms with van der Waals surface area (Å²) in [6.07, 6.45) is 0. The number of rotatable bonds is 9. The quantitative estimate of drug-likeness (QED) is 0.256. The number of para-hydroxylation sites is 1. The molecule has 8 heteroatoms. The van der Waals surface area contributed by atoms with Crippen molar-refractivity contribution in [2.24, 2.45) is 0 Å². The zero-order valence-electron chi connectivity index (χ0n) is 23.3. The summed E-state index contributed by atoms with van der Waals surface area (Å²) >= 11 is 0. The first-order chi connectivity index (χ1) is 19.3. The van der Waals surface area contributed by atoms with Gasteiger partial charge in [0.05, 0.1) is 18.7 Å². The fourth-order valence-corrected chi connectivity index (χ4v) is 5.23. The molecule has 1 unspecified atom stereocenters. The van der Waals surface area contributed by atoms with Crippen LogP contribution in [0.15, 0.2) is 88.5 Å². The molecule has 0 spiro atoms. The van der Waals surface area contributed by atoms with E-state index in [-0.39, 0.29) is 11.3 Å². The number of anilines is 3. The van der Waals surface area contributed by atoms with E-state index in [0.717, 1.165) is 24.5 Å². The van der Waals surface area contributed by atoms with Crippen LogP contribution < -0.4 is 19.4 Å². The number of benzene rings is 3. The van der Waals surface area contributed by atoms with Crippen molar-refractivity contribution in [1.29, 1.82) is 0 Å². The van der Waals surface area contributed by atoms with Crippen molar-refractivity contribution in [2.45, 2.75) is 19.9 Å². The van der Waals surface area contributed by atoms with Gasteiger partial charge in [0.25, 0.3) is 5.91 Å². The Morgan fingerprint density at radius 1 is 0.975 bits per heavy atom. The Morgan fingerprint density at radius 2 is 1.62 bits per heavy atom. The number of aliphatic hydroxyl groups is 1. The number of nitrogens with zero attached hydrogens (tertiary/aromatic N) is 3. The highest BCUT2D eigenvalue weighted by Crippen LogP contribution is 2.43. The summed E-state index contributed by atoms with van der Waals surface area (Å²) in [7, 11) is 5.41. The summed E-state index contributed by atoms with van der Waals surface area (Å²) in [5, 5.41) is 11.9. The molecule has 40 heavy (non-hydrogen) atoms. The largest absolute Gasteiger partial charge is 0.503 e. The lowest BCUT2D eigenvalue weighted by atomic mass is 9.94. The molecule has 1 aromatic heterocycles. The Bertz CT molecular complexity index is 1580. The number of carbonyl (C=O) groups is 2. The molecule has 0 fully saturated rings. The van der Waals surface area contributed by atoms with Crippen LogP contribution in [0.2, 0.25) is 0 Å². The van der Waals surface area contributed by atoms with Gasteiger partial charge < -0.3 is 24.1 Å². The molecule has 1 aliphatic rings. The van der Waals surface area contributed by atoms with Gasteiger partial charge in [0, 0.05) is 49.6 Å². The second-order valence-electron chi connectivity index (χ2n) is 9.83. The highest BCUT2D eigenvalue weighted by molar-refractivity contribution is 6.20. The number of furan rings is 1. The highest BCUT2D eigenvalue weighted by atomic mass is 16.5. The van der Waals surface area contributed by atoms with Crippen molar-refractivity contribution in [3.63, 3.8) is 0 Å². The number of ketones is 1. The van der Waals surface area contributed by atoms with Crippen molar-refractivity contribution in [3.05, 3.63) is 95.5 Å².